The molecule has 8 nitrogen and oxygen atoms in total. The summed E-state index contributed by atoms with van der Waals surface area (Å²) in [7, 11) is 1.61. The Hall–Kier alpha value is -3.76. The van der Waals surface area contributed by atoms with E-state index in [1.165, 1.54) is 17.0 Å². The van der Waals surface area contributed by atoms with Gasteiger partial charge >= 0.3 is 12.2 Å². The van der Waals surface area contributed by atoms with E-state index in [-0.39, 0.29) is 36.3 Å². The number of rotatable bonds is 6. The highest BCUT2D eigenvalue weighted by Crippen LogP contribution is 2.44. The maximum atomic E-state index is 14.2. The third kappa shape index (κ3) is 4.65. The molecule has 1 aromatic carbocycles. The number of methoxy groups -OCH3 is 1. The number of carbonyl (C=O) groups excluding carboxylic acids is 1. The Labute approximate surface area is 231 Å². The number of hydrogen-bond acceptors (Lipinski definition) is 5. The van der Waals surface area contributed by atoms with Gasteiger partial charge in [-0.15, -0.1) is 0 Å². The first kappa shape index (κ1) is 26.5. The van der Waals surface area contributed by atoms with Crippen LogP contribution in [-0.2, 0) is 12.7 Å². The number of carbonyl (C=O) groups is 1. The van der Waals surface area contributed by atoms with E-state index < -0.39 is 11.7 Å². The van der Waals surface area contributed by atoms with Gasteiger partial charge in [-0.25, -0.2) is 9.78 Å². The number of halogens is 3. The minimum atomic E-state index is -4.51. The number of amides is 2. The van der Waals surface area contributed by atoms with E-state index in [1.807, 2.05) is 35.7 Å². The van der Waals surface area contributed by atoms with Gasteiger partial charge in [0.05, 0.1) is 37.0 Å². The summed E-state index contributed by atoms with van der Waals surface area (Å²) in [5.41, 5.74) is 2.71. The first-order chi connectivity index (χ1) is 19.2. The van der Waals surface area contributed by atoms with Crippen LogP contribution >= 0.6 is 0 Å². The number of alkyl halides is 3. The molecule has 2 aromatic heterocycles. The fraction of sp³-hybridized carbons (Fsp3) is 0.483. The van der Waals surface area contributed by atoms with Crippen LogP contribution in [0.3, 0.4) is 0 Å². The predicted molar refractivity (Wildman–Crippen MR) is 145 cm³/mol. The highest BCUT2D eigenvalue weighted by atomic mass is 19.4. The summed E-state index contributed by atoms with van der Waals surface area (Å²) in [6.45, 7) is 5.22. The zero-order chi connectivity index (χ0) is 28.2. The largest absolute Gasteiger partial charge is 0.480 e. The highest BCUT2D eigenvalue weighted by molar-refractivity contribution is 5.95. The van der Waals surface area contributed by atoms with E-state index in [9.17, 15) is 18.0 Å². The first-order valence-electron chi connectivity index (χ1n) is 13.8. The molecule has 4 heterocycles. The minimum absolute atomic E-state index is 0.0666. The van der Waals surface area contributed by atoms with Gasteiger partial charge in [0.25, 0.3) is 0 Å². The SMILES string of the molecule is COc1nccc(C)c1N1CCC(N2C(=O)N(Cc3ccccc3C(F)(F)F)c3cn(C4CC4)nc3C2C)CC1. The van der Waals surface area contributed by atoms with E-state index in [1.54, 1.807) is 19.4 Å². The Morgan fingerprint density at radius 1 is 1.05 bits per heavy atom. The number of piperidine rings is 1. The van der Waals surface area contributed by atoms with Gasteiger partial charge in [-0.05, 0) is 62.8 Å². The van der Waals surface area contributed by atoms with E-state index in [4.69, 9.17) is 9.84 Å². The summed E-state index contributed by atoms with van der Waals surface area (Å²) in [5.74, 6) is 0.575. The van der Waals surface area contributed by atoms with Crippen molar-refractivity contribution >= 4 is 17.4 Å². The Morgan fingerprint density at radius 3 is 2.45 bits per heavy atom. The third-order valence-electron chi connectivity index (χ3n) is 8.33. The Balaban J connectivity index is 1.30. The minimum Gasteiger partial charge on any atom is -0.480 e. The molecule has 2 fully saturated rings. The van der Waals surface area contributed by atoms with Gasteiger partial charge in [-0.3, -0.25) is 9.58 Å². The normalized spacial score (nSPS) is 20.2. The molecule has 1 saturated carbocycles. The molecule has 1 saturated heterocycles. The standard InChI is InChI=1S/C29H33F3N6O2/c1-18-10-13-33-27(40-3)26(18)35-14-11-22(12-15-35)38-19(2)25-24(17-37(34-25)21-8-9-21)36(28(38)39)16-20-6-4-5-7-23(20)29(30,31)32/h4-7,10,13,17,19,21-22H,8-9,11-12,14-16H2,1-3H3. The predicted octanol–water partition coefficient (Wildman–Crippen LogP) is 6.12. The van der Waals surface area contributed by atoms with E-state index in [2.05, 4.69) is 9.88 Å². The van der Waals surface area contributed by atoms with E-state index in [0.717, 1.165) is 35.9 Å². The molecule has 1 unspecified atom stereocenters. The molecule has 40 heavy (non-hydrogen) atoms. The molecule has 0 radical (unpaired) electrons. The number of anilines is 2. The van der Waals surface area contributed by atoms with Crippen molar-refractivity contribution in [2.75, 3.05) is 30.0 Å². The van der Waals surface area contributed by atoms with Gasteiger partial charge in [-0.1, -0.05) is 18.2 Å². The van der Waals surface area contributed by atoms with Crippen molar-refractivity contribution in [3.8, 4) is 5.88 Å². The lowest BCUT2D eigenvalue weighted by atomic mass is 9.97. The lowest BCUT2D eigenvalue weighted by Crippen LogP contribution is -2.55. The number of benzene rings is 1. The number of aryl methyl sites for hydroxylation is 1. The summed E-state index contributed by atoms with van der Waals surface area (Å²) in [4.78, 5) is 24.1. The lowest BCUT2D eigenvalue weighted by Gasteiger charge is -2.46. The molecule has 1 atom stereocenters. The summed E-state index contributed by atoms with van der Waals surface area (Å²) in [6.07, 6.45) is 2.50. The summed E-state index contributed by atoms with van der Waals surface area (Å²) in [5, 5.41) is 4.86. The summed E-state index contributed by atoms with van der Waals surface area (Å²) < 4.78 is 49.0. The van der Waals surface area contributed by atoms with Crippen LogP contribution in [0.1, 0.15) is 67.1 Å². The second-order valence-electron chi connectivity index (χ2n) is 10.9. The van der Waals surface area contributed by atoms with Crippen LogP contribution in [0, 0.1) is 6.92 Å². The fourth-order valence-electron chi connectivity index (χ4n) is 6.12. The molecule has 11 heteroatoms. The number of aromatic nitrogens is 3. The molecule has 0 N–H and O–H groups in total. The van der Waals surface area contributed by atoms with Crippen LogP contribution in [0.15, 0.2) is 42.7 Å². The van der Waals surface area contributed by atoms with Crippen molar-refractivity contribution in [1.82, 2.24) is 19.7 Å². The zero-order valence-electron chi connectivity index (χ0n) is 22.9. The van der Waals surface area contributed by atoms with Crippen LogP contribution in [0.25, 0.3) is 0 Å². The average Bonchev–Trinajstić information content (AvgIpc) is 3.69. The van der Waals surface area contributed by atoms with E-state index >= 15 is 0 Å². The number of ether oxygens (including phenoxy) is 1. The van der Waals surface area contributed by atoms with Gasteiger partial charge in [0.2, 0.25) is 5.88 Å². The van der Waals surface area contributed by atoms with Gasteiger partial charge in [0.15, 0.2) is 0 Å². The van der Waals surface area contributed by atoms with Crippen molar-refractivity contribution in [3.05, 3.63) is 65.1 Å². The van der Waals surface area contributed by atoms with Crippen LogP contribution in [0.4, 0.5) is 29.3 Å². The number of hydrogen-bond donors (Lipinski definition) is 0. The monoisotopic (exact) mass is 554 g/mol. The highest BCUT2D eigenvalue weighted by Gasteiger charge is 2.44. The van der Waals surface area contributed by atoms with Crippen LogP contribution in [0.2, 0.25) is 0 Å². The Bertz CT molecular complexity index is 1410. The van der Waals surface area contributed by atoms with Gasteiger partial charge in [0, 0.05) is 31.5 Å². The van der Waals surface area contributed by atoms with Crippen molar-refractivity contribution < 1.29 is 22.7 Å². The fourth-order valence-corrected chi connectivity index (χ4v) is 6.12. The van der Waals surface area contributed by atoms with Gasteiger partial charge in [0.1, 0.15) is 11.4 Å². The molecule has 6 rings (SSSR count). The molecule has 3 aromatic rings. The molecule has 0 spiro atoms. The first-order valence-corrected chi connectivity index (χ1v) is 13.8. The molecule has 1 aliphatic carbocycles. The quantitative estimate of drug-likeness (QED) is 0.367. The average molecular weight is 555 g/mol. The second-order valence-corrected chi connectivity index (χ2v) is 10.9. The maximum Gasteiger partial charge on any atom is 0.416 e. The van der Waals surface area contributed by atoms with Crippen LogP contribution < -0.4 is 14.5 Å². The number of nitrogens with zero attached hydrogens (tertiary/aromatic N) is 6. The molecule has 2 amide bonds. The molecule has 2 aliphatic heterocycles. The van der Waals surface area contributed by atoms with Crippen molar-refractivity contribution in [3.63, 3.8) is 0 Å². The van der Waals surface area contributed by atoms with Crippen molar-refractivity contribution in [2.24, 2.45) is 0 Å². The maximum absolute atomic E-state index is 14.2. The number of pyridine rings is 1. The summed E-state index contributed by atoms with van der Waals surface area (Å²) >= 11 is 0. The third-order valence-corrected chi connectivity index (χ3v) is 8.33. The van der Waals surface area contributed by atoms with Crippen LogP contribution in [0.5, 0.6) is 5.88 Å². The van der Waals surface area contributed by atoms with Crippen molar-refractivity contribution in [2.45, 2.75) is 70.4 Å². The number of fused-ring (bicyclic) bond motifs is 1. The zero-order valence-corrected chi connectivity index (χ0v) is 22.9. The molecule has 0 bridgehead atoms. The molecule has 212 valence electrons. The Morgan fingerprint density at radius 2 is 1.77 bits per heavy atom. The summed E-state index contributed by atoms with van der Waals surface area (Å²) in [6, 6.07) is 7.07. The number of urea groups is 1. The Kier molecular flexibility index (Phi) is 6.62. The molecule has 3 aliphatic rings. The van der Waals surface area contributed by atoms with Gasteiger partial charge < -0.3 is 14.5 Å². The topological polar surface area (TPSA) is 66.7 Å². The van der Waals surface area contributed by atoms with Gasteiger partial charge in [-0.2, -0.15) is 18.3 Å². The molecular formula is C29H33F3N6O2. The molecular weight excluding hydrogens is 521 g/mol. The van der Waals surface area contributed by atoms with Crippen LogP contribution in [-0.4, -0.2) is 51.9 Å². The van der Waals surface area contributed by atoms with Crippen molar-refractivity contribution in [1.29, 1.82) is 0 Å². The van der Waals surface area contributed by atoms with E-state index in [0.29, 0.717) is 37.5 Å². The second kappa shape index (κ2) is 10.0. The smallest absolute Gasteiger partial charge is 0.416 e. The lowest BCUT2D eigenvalue weighted by molar-refractivity contribution is -0.138.